The second-order valence-corrected chi connectivity index (χ2v) is 4.40. The minimum Gasteiger partial charge on any atom is -0.495 e. The van der Waals surface area contributed by atoms with Crippen LogP contribution in [0.3, 0.4) is 0 Å². The Bertz CT molecular complexity index is 298. The van der Waals surface area contributed by atoms with Crippen LogP contribution in [0.25, 0.3) is 0 Å². The first kappa shape index (κ1) is 9.54. The van der Waals surface area contributed by atoms with Gasteiger partial charge in [0, 0.05) is 13.1 Å². The SMILES string of the molecule is CNC(=O)c1cc(OC)c(Br)s1. The molecule has 1 aromatic heterocycles. The van der Waals surface area contributed by atoms with Gasteiger partial charge >= 0.3 is 0 Å². The summed E-state index contributed by atoms with van der Waals surface area (Å²) in [6, 6.07) is 1.70. The molecule has 1 rings (SSSR count). The average molecular weight is 250 g/mol. The van der Waals surface area contributed by atoms with Crippen molar-refractivity contribution in [3.63, 3.8) is 0 Å². The molecule has 0 unspecified atom stereocenters. The maximum atomic E-state index is 11.1. The van der Waals surface area contributed by atoms with E-state index in [2.05, 4.69) is 21.2 Å². The second-order valence-electron chi connectivity index (χ2n) is 2.03. The van der Waals surface area contributed by atoms with E-state index < -0.39 is 0 Å². The van der Waals surface area contributed by atoms with Crippen LogP contribution in [0.5, 0.6) is 5.75 Å². The quantitative estimate of drug-likeness (QED) is 0.870. The standard InChI is InChI=1S/C7H8BrNO2S/c1-9-7(10)5-3-4(11-2)6(8)12-5/h3H,1-2H3,(H,9,10). The van der Waals surface area contributed by atoms with Gasteiger partial charge in [0.15, 0.2) is 0 Å². The van der Waals surface area contributed by atoms with E-state index in [1.54, 1.807) is 20.2 Å². The van der Waals surface area contributed by atoms with Gasteiger partial charge in [0.2, 0.25) is 0 Å². The fourth-order valence-electron chi connectivity index (χ4n) is 0.726. The van der Waals surface area contributed by atoms with Gasteiger partial charge in [-0.15, -0.1) is 11.3 Å². The van der Waals surface area contributed by atoms with Gasteiger partial charge in [-0.1, -0.05) is 0 Å². The van der Waals surface area contributed by atoms with E-state index in [4.69, 9.17) is 4.74 Å². The number of ether oxygens (including phenoxy) is 1. The van der Waals surface area contributed by atoms with Gasteiger partial charge in [0.1, 0.15) is 9.54 Å². The number of carbonyl (C=O) groups excluding carboxylic acids is 1. The van der Waals surface area contributed by atoms with Crippen LogP contribution in [-0.4, -0.2) is 20.1 Å². The predicted octanol–water partition coefficient (Wildman–Crippen LogP) is 1.88. The summed E-state index contributed by atoms with van der Waals surface area (Å²) in [5.74, 6) is 0.600. The molecule has 1 amide bonds. The summed E-state index contributed by atoms with van der Waals surface area (Å²) in [6.45, 7) is 0. The molecule has 0 aliphatic heterocycles. The van der Waals surface area contributed by atoms with Gasteiger partial charge in [-0.05, 0) is 15.9 Å². The van der Waals surface area contributed by atoms with E-state index in [0.717, 1.165) is 3.79 Å². The van der Waals surface area contributed by atoms with Gasteiger partial charge < -0.3 is 10.1 Å². The number of rotatable bonds is 2. The number of amides is 1. The summed E-state index contributed by atoms with van der Waals surface area (Å²) >= 11 is 4.64. The highest BCUT2D eigenvalue weighted by molar-refractivity contribution is 9.11. The lowest BCUT2D eigenvalue weighted by molar-refractivity contribution is 0.0967. The molecule has 0 saturated carbocycles. The third-order valence-corrected chi connectivity index (χ3v) is 3.11. The highest BCUT2D eigenvalue weighted by Gasteiger charge is 2.11. The van der Waals surface area contributed by atoms with E-state index in [1.807, 2.05) is 0 Å². The first-order chi connectivity index (χ1) is 5.69. The maximum absolute atomic E-state index is 11.1. The zero-order chi connectivity index (χ0) is 9.14. The number of hydrogen-bond donors (Lipinski definition) is 1. The zero-order valence-electron chi connectivity index (χ0n) is 6.68. The smallest absolute Gasteiger partial charge is 0.261 e. The van der Waals surface area contributed by atoms with E-state index in [9.17, 15) is 4.79 Å². The fraction of sp³-hybridized carbons (Fsp3) is 0.286. The van der Waals surface area contributed by atoms with E-state index in [0.29, 0.717) is 10.6 Å². The summed E-state index contributed by atoms with van der Waals surface area (Å²) in [5, 5.41) is 2.54. The second kappa shape index (κ2) is 3.91. The summed E-state index contributed by atoms with van der Waals surface area (Å²) in [6.07, 6.45) is 0. The summed E-state index contributed by atoms with van der Waals surface area (Å²) in [7, 11) is 3.17. The van der Waals surface area contributed by atoms with Crippen molar-refractivity contribution in [1.82, 2.24) is 5.32 Å². The molecule has 5 heteroatoms. The molecule has 12 heavy (non-hydrogen) atoms. The molecule has 0 atom stereocenters. The van der Waals surface area contributed by atoms with Crippen molar-refractivity contribution in [2.24, 2.45) is 0 Å². The molecule has 0 aliphatic rings. The van der Waals surface area contributed by atoms with Crippen LogP contribution in [0.2, 0.25) is 0 Å². The third kappa shape index (κ3) is 1.78. The maximum Gasteiger partial charge on any atom is 0.261 e. The molecular weight excluding hydrogens is 242 g/mol. The largest absolute Gasteiger partial charge is 0.495 e. The number of methoxy groups -OCH3 is 1. The van der Waals surface area contributed by atoms with Crippen LogP contribution >= 0.6 is 27.3 Å². The van der Waals surface area contributed by atoms with Crippen molar-refractivity contribution in [2.45, 2.75) is 0 Å². The van der Waals surface area contributed by atoms with Crippen molar-refractivity contribution in [1.29, 1.82) is 0 Å². The topological polar surface area (TPSA) is 38.3 Å². The molecule has 1 aromatic rings. The van der Waals surface area contributed by atoms with Crippen molar-refractivity contribution in [2.75, 3.05) is 14.2 Å². The molecule has 1 heterocycles. The Hall–Kier alpha value is -0.550. The summed E-state index contributed by atoms with van der Waals surface area (Å²) in [5.41, 5.74) is 0. The number of nitrogens with one attached hydrogen (secondary N) is 1. The van der Waals surface area contributed by atoms with Gasteiger partial charge in [-0.25, -0.2) is 0 Å². The fourth-order valence-corrected chi connectivity index (χ4v) is 2.32. The van der Waals surface area contributed by atoms with Crippen molar-refractivity contribution in [3.8, 4) is 5.75 Å². The van der Waals surface area contributed by atoms with Crippen LogP contribution < -0.4 is 10.1 Å². The zero-order valence-corrected chi connectivity index (χ0v) is 9.08. The van der Waals surface area contributed by atoms with E-state index >= 15 is 0 Å². The molecule has 0 fully saturated rings. The number of halogens is 1. The Kier molecular flexibility index (Phi) is 3.11. The molecule has 0 spiro atoms. The molecule has 0 aromatic carbocycles. The Morgan fingerprint density at radius 1 is 1.75 bits per heavy atom. The number of thiophene rings is 1. The van der Waals surface area contributed by atoms with Crippen molar-refractivity contribution >= 4 is 33.2 Å². The average Bonchev–Trinajstić information content (AvgIpc) is 2.45. The van der Waals surface area contributed by atoms with E-state index in [-0.39, 0.29) is 5.91 Å². The summed E-state index contributed by atoms with van der Waals surface area (Å²) in [4.78, 5) is 11.8. The van der Waals surface area contributed by atoms with Gasteiger partial charge in [0.25, 0.3) is 5.91 Å². The van der Waals surface area contributed by atoms with E-state index in [1.165, 1.54) is 11.3 Å². The first-order valence-electron chi connectivity index (χ1n) is 3.24. The molecule has 1 N–H and O–H groups in total. The first-order valence-corrected chi connectivity index (χ1v) is 4.85. The molecule has 3 nitrogen and oxygen atoms in total. The molecule has 66 valence electrons. The lowest BCUT2D eigenvalue weighted by Gasteiger charge is -1.92. The molecular formula is C7H8BrNO2S. The van der Waals surface area contributed by atoms with Crippen molar-refractivity contribution in [3.05, 3.63) is 14.7 Å². The lowest BCUT2D eigenvalue weighted by Crippen LogP contribution is -2.15. The third-order valence-electron chi connectivity index (χ3n) is 1.33. The number of carbonyl (C=O) groups is 1. The van der Waals surface area contributed by atoms with Crippen LogP contribution in [-0.2, 0) is 0 Å². The highest BCUT2D eigenvalue weighted by Crippen LogP contribution is 2.33. The van der Waals surface area contributed by atoms with Crippen LogP contribution in [0.1, 0.15) is 9.67 Å². The van der Waals surface area contributed by atoms with Crippen molar-refractivity contribution < 1.29 is 9.53 Å². The minimum absolute atomic E-state index is 0.0935. The Morgan fingerprint density at radius 2 is 2.42 bits per heavy atom. The predicted molar refractivity (Wildman–Crippen MR) is 52.0 cm³/mol. The minimum atomic E-state index is -0.0935. The molecule has 0 aliphatic carbocycles. The Labute approximate surface area is 82.9 Å². The summed E-state index contributed by atoms with van der Waals surface area (Å²) < 4.78 is 5.84. The Morgan fingerprint density at radius 3 is 2.83 bits per heavy atom. The van der Waals surface area contributed by atoms with Crippen LogP contribution in [0.4, 0.5) is 0 Å². The molecule has 0 bridgehead atoms. The monoisotopic (exact) mass is 249 g/mol. The van der Waals surface area contributed by atoms with Gasteiger partial charge in [-0.2, -0.15) is 0 Å². The van der Waals surface area contributed by atoms with Crippen LogP contribution in [0.15, 0.2) is 9.85 Å². The van der Waals surface area contributed by atoms with Gasteiger partial charge in [-0.3, -0.25) is 4.79 Å². The van der Waals surface area contributed by atoms with Gasteiger partial charge in [0.05, 0.1) is 12.0 Å². The Balaban J connectivity index is 2.96. The lowest BCUT2D eigenvalue weighted by atomic mass is 10.4. The normalized spacial score (nSPS) is 9.58. The highest BCUT2D eigenvalue weighted by atomic mass is 79.9. The number of hydrogen-bond acceptors (Lipinski definition) is 3. The van der Waals surface area contributed by atoms with Crippen LogP contribution in [0, 0.1) is 0 Å². The molecule has 0 saturated heterocycles. The molecule has 0 radical (unpaired) electrons.